The number of benzene rings is 1. The molecule has 0 bridgehead atoms. The quantitative estimate of drug-likeness (QED) is 0.897. The van der Waals surface area contributed by atoms with Crippen molar-refractivity contribution in [1.82, 2.24) is 9.97 Å². The molecule has 0 saturated heterocycles. The van der Waals surface area contributed by atoms with Gasteiger partial charge in [-0.3, -0.25) is 0 Å². The highest BCUT2D eigenvalue weighted by Crippen LogP contribution is 2.30. The van der Waals surface area contributed by atoms with E-state index in [9.17, 15) is 13.2 Å². The van der Waals surface area contributed by atoms with Crippen LogP contribution in [0.25, 0.3) is 0 Å². The van der Waals surface area contributed by atoms with Gasteiger partial charge in [-0.2, -0.15) is 18.2 Å². The van der Waals surface area contributed by atoms with E-state index < -0.39 is 11.9 Å². The Hall–Kier alpha value is -2.31. The molecule has 0 aliphatic heterocycles. The number of hydrogen-bond donors (Lipinski definition) is 2. The van der Waals surface area contributed by atoms with Crippen LogP contribution in [0.3, 0.4) is 0 Å². The molecule has 0 radical (unpaired) electrons. The minimum atomic E-state index is -4.51. The molecule has 1 aromatic heterocycles. The fourth-order valence-electron chi connectivity index (χ4n) is 1.44. The Kier molecular flexibility index (Phi) is 3.55. The second-order valence-electron chi connectivity index (χ2n) is 3.70. The zero-order chi connectivity index (χ0) is 13.9. The van der Waals surface area contributed by atoms with Crippen molar-refractivity contribution in [3.05, 3.63) is 42.1 Å². The van der Waals surface area contributed by atoms with Crippen molar-refractivity contribution in [3.8, 4) is 0 Å². The van der Waals surface area contributed by atoms with Crippen LogP contribution in [-0.4, -0.2) is 17.0 Å². The molecule has 0 aliphatic carbocycles. The van der Waals surface area contributed by atoms with Crippen molar-refractivity contribution >= 4 is 17.5 Å². The molecule has 0 unspecified atom stereocenters. The first kappa shape index (κ1) is 13.1. The molecule has 1 heterocycles. The van der Waals surface area contributed by atoms with Gasteiger partial charge in [-0.15, -0.1) is 0 Å². The maximum atomic E-state index is 12.7. The highest BCUT2D eigenvalue weighted by atomic mass is 19.4. The van der Waals surface area contributed by atoms with E-state index in [4.69, 9.17) is 0 Å². The van der Waals surface area contributed by atoms with Crippen LogP contribution in [0.4, 0.5) is 30.6 Å². The molecular weight excluding hydrogens is 257 g/mol. The molecule has 2 N–H and O–H groups in total. The summed E-state index contributed by atoms with van der Waals surface area (Å²) in [6.07, 6.45) is -4.51. The highest BCUT2D eigenvalue weighted by Gasteiger charge is 2.33. The molecule has 0 atom stereocenters. The summed E-state index contributed by atoms with van der Waals surface area (Å²) >= 11 is 0. The lowest BCUT2D eigenvalue weighted by Gasteiger charge is -2.11. The topological polar surface area (TPSA) is 49.8 Å². The van der Waals surface area contributed by atoms with Crippen LogP contribution in [0.15, 0.2) is 36.4 Å². The van der Waals surface area contributed by atoms with Gasteiger partial charge >= 0.3 is 6.18 Å². The van der Waals surface area contributed by atoms with Gasteiger partial charge in [-0.25, -0.2) is 4.98 Å². The predicted octanol–water partition coefficient (Wildman–Crippen LogP) is 3.28. The summed E-state index contributed by atoms with van der Waals surface area (Å²) < 4.78 is 38.0. The minimum absolute atomic E-state index is 0.0814. The Balaban J connectivity index is 2.35. The van der Waals surface area contributed by atoms with Crippen molar-refractivity contribution in [2.24, 2.45) is 0 Å². The van der Waals surface area contributed by atoms with Crippen LogP contribution in [-0.2, 0) is 6.18 Å². The summed E-state index contributed by atoms with van der Waals surface area (Å²) in [7, 11) is 1.46. The average molecular weight is 268 g/mol. The van der Waals surface area contributed by atoms with E-state index >= 15 is 0 Å². The fourth-order valence-corrected chi connectivity index (χ4v) is 1.44. The Morgan fingerprint density at radius 2 is 1.74 bits per heavy atom. The van der Waals surface area contributed by atoms with Gasteiger partial charge in [-0.05, 0) is 12.1 Å². The maximum absolute atomic E-state index is 12.7. The summed E-state index contributed by atoms with van der Waals surface area (Å²) in [5.41, 5.74) is -0.346. The summed E-state index contributed by atoms with van der Waals surface area (Å²) in [5, 5.41) is 5.30. The molecular formula is C12H11F3N4. The number of para-hydroxylation sites is 1. The van der Waals surface area contributed by atoms with Crippen molar-refractivity contribution in [2.75, 3.05) is 17.7 Å². The highest BCUT2D eigenvalue weighted by molar-refractivity contribution is 5.57. The van der Waals surface area contributed by atoms with Gasteiger partial charge in [0.1, 0.15) is 5.82 Å². The van der Waals surface area contributed by atoms with Crippen LogP contribution in [0.2, 0.25) is 0 Å². The van der Waals surface area contributed by atoms with Crippen LogP contribution in [0, 0.1) is 0 Å². The van der Waals surface area contributed by atoms with Crippen molar-refractivity contribution in [3.63, 3.8) is 0 Å². The molecule has 0 fully saturated rings. The Bertz CT molecular complexity index is 555. The van der Waals surface area contributed by atoms with Crippen molar-refractivity contribution in [2.45, 2.75) is 6.18 Å². The van der Waals surface area contributed by atoms with E-state index in [1.165, 1.54) is 7.05 Å². The molecule has 2 aromatic rings. The second-order valence-corrected chi connectivity index (χ2v) is 3.70. The number of alkyl halides is 3. The average Bonchev–Trinajstić information content (AvgIpc) is 2.38. The first-order valence-corrected chi connectivity index (χ1v) is 5.45. The Morgan fingerprint density at radius 1 is 1.05 bits per heavy atom. The second kappa shape index (κ2) is 5.13. The maximum Gasteiger partial charge on any atom is 0.433 e. The van der Waals surface area contributed by atoms with E-state index in [0.717, 1.165) is 6.07 Å². The molecule has 0 spiro atoms. The third-order valence-corrected chi connectivity index (χ3v) is 2.29. The van der Waals surface area contributed by atoms with Crippen molar-refractivity contribution in [1.29, 1.82) is 0 Å². The number of nitrogens with one attached hydrogen (secondary N) is 2. The lowest BCUT2D eigenvalue weighted by atomic mass is 10.3. The standard InChI is InChI=1S/C12H11F3N4/c1-16-11-18-9(12(13,14)15)7-10(19-11)17-8-5-3-2-4-6-8/h2-7H,1H3,(H2,16,17,18,19). The minimum Gasteiger partial charge on any atom is -0.357 e. The van der Waals surface area contributed by atoms with Gasteiger partial charge in [0.25, 0.3) is 0 Å². The van der Waals surface area contributed by atoms with E-state index in [0.29, 0.717) is 5.69 Å². The summed E-state index contributed by atoms with van der Waals surface area (Å²) in [5.74, 6) is -0.00821. The van der Waals surface area contributed by atoms with Crippen molar-refractivity contribution < 1.29 is 13.2 Å². The molecule has 19 heavy (non-hydrogen) atoms. The molecule has 0 saturated carbocycles. The van der Waals surface area contributed by atoms with Crippen LogP contribution >= 0.6 is 0 Å². The molecule has 100 valence electrons. The normalized spacial score (nSPS) is 11.2. The van der Waals surface area contributed by atoms with Gasteiger partial charge < -0.3 is 10.6 Å². The van der Waals surface area contributed by atoms with Gasteiger partial charge in [0.2, 0.25) is 5.95 Å². The van der Waals surface area contributed by atoms with Gasteiger partial charge in [0.15, 0.2) is 5.69 Å². The summed E-state index contributed by atoms with van der Waals surface area (Å²) in [6.45, 7) is 0. The SMILES string of the molecule is CNc1nc(Nc2ccccc2)cc(C(F)(F)F)n1. The molecule has 2 rings (SSSR count). The number of anilines is 3. The number of rotatable bonds is 3. The van der Waals surface area contributed by atoms with Gasteiger partial charge in [0.05, 0.1) is 0 Å². The summed E-state index contributed by atoms with van der Waals surface area (Å²) in [6, 6.07) is 9.68. The largest absolute Gasteiger partial charge is 0.433 e. The van der Waals surface area contributed by atoms with E-state index in [1.807, 2.05) is 6.07 Å². The van der Waals surface area contributed by atoms with Gasteiger partial charge in [-0.1, -0.05) is 18.2 Å². The zero-order valence-corrected chi connectivity index (χ0v) is 9.99. The molecule has 0 amide bonds. The Morgan fingerprint density at radius 3 is 2.32 bits per heavy atom. The molecule has 4 nitrogen and oxygen atoms in total. The van der Waals surface area contributed by atoms with E-state index in [2.05, 4.69) is 20.6 Å². The Labute approximate surface area is 107 Å². The monoisotopic (exact) mass is 268 g/mol. The van der Waals surface area contributed by atoms with E-state index in [-0.39, 0.29) is 11.8 Å². The zero-order valence-electron chi connectivity index (χ0n) is 9.99. The first-order chi connectivity index (χ1) is 8.99. The predicted molar refractivity (Wildman–Crippen MR) is 66.3 cm³/mol. The number of nitrogens with zero attached hydrogens (tertiary/aromatic N) is 2. The molecule has 1 aromatic carbocycles. The number of halogens is 3. The number of hydrogen-bond acceptors (Lipinski definition) is 4. The molecule has 7 heteroatoms. The first-order valence-electron chi connectivity index (χ1n) is 5.45. The van der Waals surface area contributed by atoms with Crippen LogP contribution < -0.4 is 10.6 Å². The fraction of sp³-hybridized carbons (Fsp3) is 0.167. The lowest BCUT2D eigenvalue weighted by molar-refractivity contribution is -0.141. The smallest absolute Gasteiger partial charge is 0.357 e. The lowest BCUT2D eigenvalue weighted by Crippen LogP contribution is -2.12. The molecule has 0 aliphatic rings. The van der Waals surface area contributed by atoms with Crippen LogP contribution in [0.5, 0.6) is 0 Å². The summed E-state index contributed by atoms with van der Waals surface area (Å²) in [4.78, 5) is 7.30. The van der Waals surface area contributed by atoms with Gasteiger partial charge in [0, 0.05) is 18.8 Å². The van der Waals surface area contributed by atoms with E-state index in [1.54, 1.807) is 24.3 Å². The third kappa shape index (κ3) is 3.34. The van der Waals surface area contributed by atoms with Crippen LogP contribution in [0.1, 0.15) is 5.69 Å². The number of aromatic nitrogens is 2. The third-order valence-electron chi connectivity index (χ3n) is 2.29.